The van der Waals surface area contributed by atoms with Crippen LogP contribution >= 0.6 is 0 Å². The maximum Gasteiger partial charge on any atom is 0.279 e. The molecule has 1 amide bonds. The average Bonchev–Trinajstić information content (AvgIpc) is 3.37. The fraction of sp³-hybridized carbons (Fsp3) is 0.435. The molecule has 0 atom stereocenters. The second-order valence-corrected chi connectivity index (χ2v) is 8.43. The van der Waals surface area contributed by atoms with Crippen molar-refractivity contribution in [2.75, 3.05) is 44.8 Å². The van der Waals surface area contributed by atoms with Gasteiger partial charge in [-0.3, -0.25) is 4.79 Å². The first-order valence-electron chi connectivity index (χ1n) is 10.7. The van der Waals surface area contributed by atoms with Gasteiger partial charge in [-0.15, -0.1) is 0 Å². The Labute approximate surface area is 171 Å². The Morgan fingerprint density at radius 1 is 0.897 bits per heavy atom. The third kappa shape index (κ3) is 4.23. The van der Waals surface area contributed by atoms with E-state index in [1.54, 1.807) is 4.90 Å². The van der Waals surface area contributed by atoms with Crippen LogP contribution < -0.4 is 24.6 Å². The third-order valence-corrected chi connectivity index (χ3v) is 6.35. The van der Waals surface area contributed by atoms with Gasteiger partial charge in [-0.2, -0.15) is 0 Å². The number of fused-ring (bicyclic) bond motifs is 2. The van der Waals surface area contributed by atoms with E-state index in [0.717, 1.165) is 56.3 Å². The molecule has 2 aliphatic heterocycles. The molecule has 1 saturated heterocycles. The van der Waals surface area contributed by atoms with Crippen LogP contribution in [0.4, 0.5) is 5.69 Å². The molecule has 6 heteroatoms. The van der Waals surface area contributed by atoms with E-state index in [9.17, 15) is 4.79 Å². The lowest BCUT2D eigenvalue weighted by atomic mass is 10.1. The second kappa shape index (κ2) is 8.05. The van der Waals surface area contributed by atoms with Crippen LogP contribution in [0, 0.1) is 0 Å². The predicted octanol–water partition coefficient (Wildman–Crippen LogP) is -0.174. The van der Waals surface area contributed by atoms with Crippen molar-refractivity contribution in [3.05, 3.63) is 53.1 Å². The van der Waals surface area contributed by atoms with Gasteiger partial charge >= 0.3 is 0 Å². The van der Waals surface area contributed by atoms with Crippen molar-refractivity contribution in [2.45, 2.75) is 25.8 Å². The van der Waals surface area contributed by atoms with Crippen LogP contribution in [0.5, 0.6) is 11.5 Å². The Balaban J connectivity index is 1.09. The average molecular weight is 396 g/mol. The Bertz CT molecular complexity index is 906. The molecular weight excluding hydrogens is 366 g/mol. The quantitative estimate of drug-likeness (QED) is 0.659. The van der Waals surface area contributed by atoms with E-state index >= 15 is 0 Å². The molecular formula is C23H29N3O3+2. The molecule has 0 saturated carbocycles. The van der Waals surface area contributed by atoms with Gasteiger partial charge in [0, 0.05) is 11.3 Å². The zero-order valence-electron chi connectivity index (χ0n) is 16.8. The lowest BCUT2D eigenvalue weighted by molar-refractivity contribution is -1.02. The van der Waals surface area contributed by atoms with E-state index in [2.05, 4.69) is 29.6 Å². The van der Waals surface area contributed by atoms with Crippen molar-refractivity contribution in [3.63, 3.8) is 0 Å². The first-order valence-corrected chi connectivity index (χ1v) is 10.7. The third-order valence-electron chi connectivity index (χ3n) is 6.35. The summed E-state index contributed by atoms with van der Waals surface area (Å²) in [7, 11) is 0. The van der Waals surface area contributed by atoms with Crippen molar-refractivity contribution >= 4 is 11.6 Å². The van der Waals surface area contributed by atoms with E-state index < -0.39 is 0 Å². The summed E-state index contributed by atoms with van der Waals surface area (Å²) in [5.41, 5.74) is 5.07. The maximum absolute atomic E-state index is 12.5. The van der Waals surface area contributed by atoms with Crippen LogP contribution in [0.2, 0.25) is 0 Å². The van der Waals surface area contributed by atoms with E-state index in [1.807, 2.05) is 12.1 Å². The number of nitrogens with one attached hydrogen (secondary N) is 3. The Morgan fingerprint density at radius 3 is 2.59 bits per heavy atom. The predicted molar refractivity (Wildman–Crippen MR) is 110 cm³/mol. The Morgan fingerprint density at radius 2 is 1.69 bits per heavy atom. The monoisotopic (exact) mass is 395 g/mol. The first kappa shape index (κ1) is 18.5. The zero-order chi connectivity index (χ0) is 19.6. The molecule has 6 nitrogen and oxygen atoms in total. The SMILES string of the molecule is O=C(C[NH+]1CC[NH+](Cc2ccc3c(c2)OCO3)CC1)Nc1ccc2c(c1)CCC2. The van der Waals surface area contributed by atoms with Gasteiger partial charge in [0.05, 0.1) is 0 Å². The fourth-order valence-corrected chi connectivity index (χ4v) is 4.73. The molecule has 2 aromatic carbocycles. The van der Waals surface area contributed by atoms with Gasteiger partial charge < -0.3 is 24.6 Å². The molecule has 1 fully saturated rings. The summed E-state index contributed by atoms with van der Waals surface area (Å²) in [5.74, 6) is 1.82. The van der Waals surface area contributed by atoms with Gasteiger partial charge in [-0.25, -0.2) is 0 Å². The van der Waals surface area contributed by atoms with Crippen LogP contribution in [0.25, 0.3) is 0 Å². The number of benzene rings is 2. The standard InChI is InChI=1S/C23H27N3O3/c27-23(24-20-6-5-18-2-1-3-19(18)13-20)15-26-10-8-25(9-11-26)14-17-4-7-21-22(12-17)29-16-28-21/h4-7,12-13H,1-3,8-11,14-16H2,(H,24,27)/p+2. The van der Waals surface area contributed by atoms with Gasteiger partial charge in [0.1, 0.15) is 32.7 Å². The number of carbonyl (C=O) groups excluding carboxylic acids is 1. The Kier molecular flexibility index (Phi) is 5.12. The second-order valence-electron chi connectivity index (χ2n) is 8.43. The Hall–Kier alpha value is -2.57. The molecule has 0 spiro atoms. The van der Waals surface area contributed by atoms with Crippen molar-refractivity contribution in [3.8, 4) is 11.5 Å². The van der Waals surface area contributed by atoms with Crippen molar-refractivity contribution < 1.29 is 24.1 Å². The van der Waals surface area contributed by atoms with Gasteiger partial charge in [0.15, 0.2) is 18.0 Å². The van der Waals surface area contributed by atoms with Crippen LogP contribution in [-0.4, -0.2) is 45.4 Å². The number of hydrogen-bond acceptors (Lipinski definition) is 3. The largest absolute Gasteiger partial charge is 0.454 e. The number of amides is 1. The minimum absolute atomic E-state index is 0.122. The minimum atomic E-state index is 0.122. The summed E-state index contributed by atoms with van der Waals surface area (Å²) < 4.78 is 10.9. The number of carbonyl (C=O) groups is 1. The molecule has 0 unspecified atom stereocenters. The van der Waals surface area contributed by atoms with Crippen molar-refractivity contribution in [2.24, 2.45) is 0 Å². The highest BCUT2D eigenvalue weighted by Gasteiger charge is 2.25. The number of piperazine rings is 1. The molecule has 0 aromatic heterocycles. The van der Waals surface area contributed by atoms with Crippen LogP contribution in [-0.2, 0) is 24.2 Å². The van der Waals surface area contributed by atoms with Gasteiger partial charge in [0.2, 0.25) is 6.79 Å². The molecule has 0 radical (unpaired) electrons. The van der Waals surface area contributed by atoms with Gasteiger partial charge in [0.25, 0.3) is 5.91 Å². The minimum Gasteiger partial charge on any atom is -0.454 e. The van der Waals surface area contributed by atoms with Crippen LogP contribution in [0.3, 0.4) is 0 Å². The maximum atomic E-state index is 12.5. The molecule has 29 heavy (non-hydrogen) atoms. The number of aryl methyl sites for hydroxylation is 2. The van der Waals surface area contributed by atoms with Crippen molar-refractivity contribution in [1.82, 2.24) is 0 Å². The lowest BCUT2D eigenvalue weighted by Crippen LogP contribution is -3.28. The van der Waals surface area contributed by atoms with Crippen LogP contribution in [0.1, 0.15) is 23.1 Å². The van der Waals surface area contributed by atoms with E-state index in [4.69, 9.17) is 9.47 Å². The highest BCUT2D eigenvalue weighted by molar-refractivity contribution is 5.91. The summed E-state index contributed by atoms with van der Waals surface area (Å²) in [6.07, 6.45) is 3.54. The lowest BCUT2D eigenvalue weighted by Gasteiger charge is -2.29. The summed E-state index contributed by atoms with van der Waals surface area (Å²) in [6, 6.07) is 12.6. The number of quaternary nitrogens is 2. The van der Waals surface area contributed by atoms with Gasteiger partial charge in [-0.1, -0.05) is 6.07 Å². The van der Waals surface area contributed by atoms with Crippen molar-refractivity contribution in [1.29, 1.82) is 0 Å². The summed E-state index contributed by atoms with van der Waals surface area (Å²) in [4.78, 5) is 15.4. The number of ether oxygens (including phenoxy) is 2. The number of rotatable bonds is 5. The highest BCUT2D eigenvalue weighted by atomic mass is 16.7. The smallest absolute Gasteiger partial charge is 0.279 e. The molecule has 3 aliphatic rings. The normalized spacial score (nSPS) is 22.3. The summed E-state index contributed by atoms with van der Waals surface area (Å²) >= 11 is 0. The molecule has 5 rings (SSSR count). The molecule has 2 heterocycles. The van der Waals surface area contributed by atoms with E-state index in [0.29, 0.717) is 13.3 Å². The molecule has 152 valence electrons. The first-order chi connectivity index (χ1) is 14.2. The molecule has 1 aliphatic carbocycles. The number of anilines is 1. The fourth-order valence-electron chi connectivity index (χ4n) is 4.73. The summed E-state index contributed by atoms with van der Waals surface area (Å²) in [5, 5.41) is 3.10. The number of hydrogen-bond donors (Lipinski definition) is 3. The van der Waals surface area contributed by atoms with Crippen LogP contribution in [0.15, 0.2) is 36.4 Å². The van der Waals surface area contributed by atoms with E-state index in [-0.39, 0.29) is 5.91 Å². The zero-order valence-corrected chi connectivity index (χ0v) is 16.8. The molecule has 3 N–H and O–H groups in total. The molecule has 2 aromatic rings. The molecule has 0 bridgehead atoms. The summed E-state index contributed by atoms with van der Waals surface area (Å²) in [6.45, 7) is 6.07. The van der Waals surface area contributed by atoms with Gasteiger partial charge in [-0.05, 0) is 60.7 Å². The highest BCUT2D eigenvalue weighted by Crippen LogP contribution is 2.32. The topological polar surface area (TPSA) is 56.4 Å². The van der Waals surface area contributed by atoms with E-state index in [1.165, 1.54) is 34.4 Å².